The summed E-state index contributed by atoms with van der Waals surface area (Å²) in [7, 11) is 0. The van der Waals surface area contributed by atoms with E-state index in [1.165, 1.54) is 11.8 Å². The van der Waals surface area contributed by atoms with E-state index in [4.69, 9.17) is 4.42 Å². The minimum Gasteiger partial charge on any atom is -0.506 e. The lowest BCUT2D eigenvalue weighted by molar-refractivity contribution is 0.447. The molecule has 0 aliphatic rings. The third-order valence-electron chi connectivity index (χ3n) is 2.71. The molecule has 0 unspecified atom stereocenters. The van der Waals surface area contributed by atoms with Gasteiger partial charge in [0.25, 0.3) is 0 Å². The first-order valence-corrected chi connectivity index (χ1v) is 6.55. The second-order valence-corrected chi connectivity index (χ2v) is 5.06. The molecule has 0 amide bonds. The van der Waals surface area contributed by atoms with Gasteiger partial charge < -0.3 is 9.52 Å². The summed E-state index contributed by atoms with van der Waals surface area (Å²) in [5.74, 6) is -0.0271. The van der Waals surface area contributed by atoms with Crippen LogP contribution in [0, 0.1) is 0 Å². The van der Waals surface area contributed by atoms with Crippen molar-refractivity contribution < 1.29 is 9.52 Å². The van der Waals surface area contributed by atoms with E-state index in [2.05, 4.69) is 0 Å². The van der Waals surface area contributed by atoms with Gasteiger partial charge in [0, 0.05) is 4.90 Å². The van der Waals surface area contributed by atoms with Gasteiger partial charge in [-0.2, -0.15) is 0 Å². The minimum absolute atomic E-state index is 0.0271. The Morgan fingerprint density at radius 3 is 2.42 bits per heavy atom. The molecule has 0 spiro atoms. The van der Waals surface area contributed by atoms with Crippen LogP contribution in [0.2, 0.25) is 0 Å². The van der Waals surface area contributed by atoms with E-state index in [9.17, 15) is 9.90 Å². The van der Waals surface area contributed by atoms with Gasteiger partial charge in [0.15, 0.2) is 0 Å². The van der Waals surface area contributed by atoms with Gasteiger partial charge in [-0.3, -0.25) is 0 Å². The van der Waals surface area contributed by atoms with Crippen molar-refractivity contribution in [2.75, 3.05) is 0 Å². The lowest BCUT2D eigenvalue weighted by Crippen LogP contribution is -2.02. The molecule has 2 aromatic carbocycles. The van der Waals surface area contributed by atoms with Crippen molar-refractivity contribution in [1.29, 1.82) is 0 Å². The zero-order chi connectivity index (χ0) is 13.2. The maximum absolute atomic E-state index is 11.9. The summed E-state index contributed by atoms with van der Waals surface area (Å²) in [6, 6.07) is 16.3. The van der Waals surface area contributed by atoms with E-state index < -0.39 is 5.63 Å². The van der Waals surface area contributed by atoms with Crippen molar-refractivity contribution in [3.05, 3.63) is 65.0 Å². The largest absolute Gasteiger partial charge is 0.506 e. The Hall–Kier alpha value is -2.20. The molecule has 0 fully saturated rings. The van der Waals surface area contributed by atoms with Gasteiger partial charge >= 0.3 is 5.63 Å². The molecule has 1 N–H and O–H groups in total. The maximum Gasteiger partial charge on any atom is 0.354 e. The summed E-state index contributed by atoms with van der Waals surface area (Å²) in [5.41, 5.74) is -0.132. The van der Waals surface area contributed by atoms with Gasteiger partial charge in [0.2, 0.25) is 0 Å². The van der Waals surface area contributed by atoms with Gasteiger partial charge in [0.05, 0.1) is 5.39 Å². The topological polar surface area (TPSA) is 50.4 Å². The highest BCUT2D eigenvalue weighted by molar-refractivity contribution is 7.99. The van der Waals surface area contributed by atoms with Crippen molar-refractivity contribution in [3.8, 4) is 5.75 Å². The maximum atomic E-state index is 11.9. The van der Waals surface area contributed by atoms with Crippen LogP contribution in [-0.4, -0.2) is 5.11 Å². The van der Waals surface area contributed by atoms with Gasteiger partial charge in [-0.1, -0.05) is 42.1 Å². The molecular formula is C15H10O3S. The molecule has 3 nitrogen and oxygen atoms in total. The monoisotopic (exact) mass is 270 g/mol. The Kier molecular flexibility index (Phi) is 3.01. The molecule has 0 saturated carbocycles. The van der Waals surface area contributed by atoms with Crippen LogP contribution in [0.3, 0.4) is 0 Å². The Morgan fingerprint density at radius 2 is 1.63 bits per heavy atom. The summed E-state index contributed by atoms with van der Waals surface area (Å²) in [6.07, 6.45) is 0. The standard InChI is InChI=1S/C15H10O3S/c16-13-11-8-4-5-9-12(11)18-15(17)14(13)19-10-6-2-1-3-7-10/h1-9,16H. The van der Waals surface area contributed by atoms with E-state index >= 15 is 0 Å². The predicted molar refractivity (Wildman–Crippen MR) is 74.7 cm³/mol. The molecule has 1 heterocycles. The highest BCUT2D eigenvalue weighted by atomic mass is 32.2. The summed E-state index contributed by atoms with van der Waals surface area (Å²) in [5, 5.41) is 10.8. The molecule has 3 rings (SSSR count). The number of aromatic hydroxyl groups is 1. The molecule has 0 aliphatic carbocycles. The van der Waals surface area contributed by atoms with E-state index in [1.54, 1.807) is 24.3 Å². The molecular weight excluding hydrogens is 260 g/mol. The molecule has 0 aliphatic heterocycles. The molecule has 0 saturated heterocycles. The normalized spacial score (nSPS) is 10.7. The van der Waals surface area contributed by atoms with E-state index in [0.717, 1.165) is 4.90 Å². The zero-order valence-corrected chi connectivity index (χ0v) is 10.7. The average molecular weight is 270 g/mol. The number of hydrogen-bond donors (Lipinski definition) is 1. The Labute approximate surface area is 113 Å². The molecule has 0 radical (unpaired) electrons. The second-order valence-electron chi connectivity index (χ2n) is 3.98. The highest BCUT2D eigenvalue weighted by Gasteiger charge is 2.14. The second kappa shape index (κ2) is 4.82. The molecule has 0 atom stereocenters. The molecule has 94 valence electrons. The fourth-order valence-electron chi connectivity index (χ4n) is 1.81. The van der Waals surface area contributed by atoms with Crippen LogP contribution < -0.4 is 5.63 Å². The summed E-state index contributed by atoms with van der Waals surface area (Å²) >= 11 is 1.20. The molecule has 1 aromatic heterocycles. The smallest absolute Gasteiger partial charge is 0.354 e. The predicted octanol–water partition coefficient (Wildman–Crippen LogP) is 3.65. The van der Waals surface area contributed by atoms with Crippen LogP contribution in [0.1, 0.15) is 0 Å². The number of rotatable bonds is 2. The van der Waals surface area contributed by atoms with Crippen LogP contribution in [0.15, 0.2) is 73.6 Å². The Morgan fingerprint density at radius 1 is 0.947 bits per heavy atom. The zero-order valence-electron chi connectivity index (χ0n) is 9.87. The number of benzene rings is 2. The fraction of sp³-hybridized carbons (Fsp3) is 0. The molecule has 3 aromatic rings. The summed E-state index contributed by atoms with van der Waals surface area (Å²) < 4.78 is 5.21. The van der Waals surface area contributed by atoms with E-state index in [1.807, 2.05) is 30.3 Å². The Bertz CT molecular complexity index is 778. The first kappa shape index (κ1) is 11.9. The van der Waals surface area contributed by atoms with Crippen LogP contribution in [-0.2, 0) is 0 Å². The van der Waals surface area contributed by atoms with Crippen LogP contribution >= 0.6 is 11.8 Å². The van der Waals surface area contributed by atoms with Gasteiger partial charge in [-0.05, 0) is 24.3 Å². The lowest BCUT2D eigenvalue weighted by Gasteiger charge is -2.05. The minimum atomic E-state index is -0.523. The molecule has 19 heavy (non-hydrogen) atoms. The quantitative estimate of drug-likeness (QED) is 0.722. The van der Waals surface area contributed by atoms with Crippen LogP contribution in [0.4, 0.5) is 0 Å². The number of fused-ring (bicyclic) bond motifs is 1. The van der Waals surface area contributed by atoms with Crippen molar-refractivity contribution >= 4 is 22.7 Å². The average Bonchev–Trinajstić information content (AvgIpc) is 2.45. The van der Waals surface area contributed by atoms with Crippen LogP contribution in [0.25, 0.3) is 11.0 Å². The third-order valence-corrected chi connectivity index (χ3v) is 3.78. The van der Waals surface area contributed by atoms with Gasteiger partial charge in [-0.15, -0.1) is 0 Å². The number of hydrogen-bond acceptors (Lipinski definition) is 4. The van der Waals surface area contributed by atoms with Gasteiger partial charge in [-0.25, -0.2) is 4.79 Å². The van der Waals surface area contributed by atoms with Crippen molar-refractivity contribution in [2.24, 2.45) is 0 Å². The first-order chi connectivity index (χ1) is 9.25. The van der Waals surface area contributed by atoms with E-state index in [0.29, 0.717) is 11.0 Å². The fourth-order valence-corrected chi connectivity index (χ4v) is 2.67. The SMILES string of the molecule is O=c1oc2ccccc2c(O)c1Sc1ccccc1. The third kappa shape index (κ3) is 2.22. The molecule has 4 heteroatoms. The lowest BCUT2D eigenvalue weighted by atomic mass is 10.2. The number of para-hydroxylation sites is 1. The van der Waals surface area contributed by atoms with E-state index in [-0.39, 0.29) is 10.6 Å². The Balaban J connectivity index is 2.16. The first-order valence-electron chi connectivity index (χ1n) is 5.73. The van der Waals surface area contributed by atoms with Crippen LogP contribution in [0.5, 0.6) is 5.75 Å². The molecule has 0 bridgehead atoms. The van der Waals surface area contributed by atoms with Gasteiger partial charge in [0.1, 0.15) is 16.2 Å². The van der Waals surface area contributed by atoms with Crippen molar-refractivity contribution in [2.45, 2.75) is 9.79 Å². The van der Waals surface area contributed by atoms with Crippen molar-refractivity contribution in [1.82, 2.24) is 0 Å². The summed E-state index contributed by atoms with van der Waals surface area (Å²) in [6.45, 7) is 0. The van der Waals surface area contributed by atoms with Crippen molar-refractivity contribution in [3.63, 3.8) is 0 Å². The summed E-state index contributed by atoms with van der Waals surface area (Å²) in [4.78, 5) is 13.0. The highest BCUT2D eigenvalue weighted by Crippen LogP contribution is 2.35.